The molecule has 2 aliphatic rings. The number of fused-ring (bicyclic) bond motifs is 5. The zero-order valence-electron chi connectivity index (χ0n) is 18.3. The second-order valence-corrected chi connectivity index (χ2v) is 8.65. The third-order valence-corrected chi connectivity index (χ3v) is 5.84. The molecule has 3 heterocycles. The molecule has 0 atom stereocenters. The fourth-order valence-corrected chi connectivity index (χ4v) is 4.60. The van der Waals surface area contributed by atoms with Crippen molar-refractivity contribution in [2.75, 3.05) is 12.4 Å². The summed E-state index contributed by atoms with van der Waals surface area (Å²) in [6, 6.07) is 9.43. The molecule has 2 aliphatic heterocycles. The predicted molar refractivity (Wildman–Crippen MR) is 123 cm³/mol. The molecule has 0 unspecified atom stereocenters. The van der Waals surface area contributed by atoms with E-state index in [-0.39, 0.29) is 11.3 Å². The minimum absolute atomic E-state index is 0.0781. The first-order valence-electron chi connectivity index (χ1n) is 10.3. The standard InChI is InChI=1S/C26H25NO4/c1-14-10-11-30-20(14)12-21-23-16(24-19(31-21)9-8-18(28)25(24)29-5)6-7-17-22(23)15(2)13-26(3,4)27-17/h6-13,27-28H,1-5H3/b21-12-. The summed E-state index contributed by atoms with van der Waals surface area (Å²) in [7, 11) is 1.56. The van der Waals surface area contributed by atoms with Crippen LogP contribution in [0.5, 0.6) is 17.2 Å². The van der Waals surface area contributed by atoms with Crippen molar-refractivity contribution in [2.45, 2.75) is 33.2 Å². The summed E-state index contributed by atoms with van der Waals surface area (Å²) in [6.07, 6.45) is 5.83. The topological polar surface area (TPSA) is 63.9 Å². The second kappa shape index (κ2) is 6.71. The number of phenolic OH excluding ortho intramolecular Hbond substituents is 1. The van der Waals surface area contributed by atoms with E-state index in [2.05, 4.69) is 44.3 Å². The van der Waals surface area contributed by atoms with Crippen LogP contribution in [-0.2, 0) is 0 Å². The van der Waals surface area contributed by atoms with Crippen LogP contribution in [0.2, 0.25) is 0 Å². The van der Waals surface area contributed by atoms with Crippen LogP contribution in [0.1, 0.15) is 43.2 Å². The number of nitrogens with one attached hydrogen (secondary N) is 1. The van der Waals surface area contributed by atoms with Crippen molar-refractivity contribution in [1.82, 2.24) is 0 Å². The highest BCUT2D eigenvalue weighted by Crippen LogP contribution is 2.54. The highest BCUT2D eigenvalue weighted by molar-refractivity contribution is 6.02. The Morgan fingerprint density at radius 2 is 1.84 bits per heavy atom. The normalized spacial score (nSPS) is 17.1. The van der Waals surface area contributed by atoms with Crippen LogP contribution < -0.4 is 14.8 Å². The van der Waals surface area contributed by atoms with Gasteiger partial charge in [-0.3, -0.25) is 0 Å². The predicted octanol–water partition coefficient (Wildman–Crippen LogP) is 6.47. The largest absolute Gasteiger partial charge is 0.504 e. The zero-order valence-corrected chi connectivity index (χ0v) is 18.3. The number of hydrogen-bond acceptors (Lipinski definition) is 5. The molecular formula is C26H25NO4. The fraction of sp³-hybridized carbons (Fsp3) is 0.231. The van der Waals surface area contributed by atoms with Gasteiger partial charge in [0.2, 0.25) is 0 Å². The van der Waals surface area contributed by atoms with E-state index in [0.717, 1.165) is 44.8 Å². The second-order valence-electron chi connectivity index (χ2n) is 8.65. The Hall–Kier alpha value is -3.60. The van der Waals surface area contributed by atoms with Crippen LogP contribution in [0.15, 0.2) is 47.1 Å². The molecule has 1 aromatic heterocycles. The molecule has 0 amide bonds. The van der Waals surface area contributed by atoms with Crippen molar-refractivity contribution in [3.63, 3.8) is 0 Å². The van der Waals surface area contributed by atoms with Gasteiger partial charge in [-0.1, -0.05) is 12.1 Å². The Labute approximate surface area is 181 Å². The summed E-state index contributed by atoms with van der Waals surface area (Å²) in [6.45, 7) is 8.42. The van der Waals surface area contributed by atoms with Crippen LogP contribution in [0.25, 0.3) is 28.5 Å². The monoisotopic (exact) mass is 415 g/mol. The minimum atomic E-state index is -0.157. The van der Waals surface area contributed by atoms with Gasteiger partial charge in [0.25, 0.3) is 0 Å². The average Bonchev–Trinajstić information content (AvgIpc) is 3.11. The average molecular weight is 415 g/mol. The van der Waals surface area contributed by atoms with Crippen molar-refractivity contribution < 1.29 is 19.0 Å². The molecule has 0 saturated heterocycles. The number of rotatable bonds is 2. The quantitative estimate of drug-likeness (QED) is 0.502. The molecule has 0 fully saturated rings. The number of methoxy groups -OCH3 is 1. The van der Waals surface area contributed by atoms with Gasteiger partial charge >= 0.3 is 0 Å². The maximum atomic E-state index is 10.4. The van der Waals surface area contributed by atoms with Gasteiger partial charge in [0.1, 0.15) is 17.3 Å². The number of ether oxygens (including phenoxy) is 2. The molecule has 31 heavy (non-hydrogen) atoms. The molecule has 5 rings (SSSR count). The molecule has 2 N–H and O–H groups in total. The Morgan fingerprint density at radius 1 is 1.03 bits per heavy atom. The summed E-state index contributed by atoms with van der Waals surface area (Å²) in [5.74, 6) is 2.55. The Balaban J connectivity index is 1.85. The van der Waals surface area contributed by atoms with Gasteiger partial charge in [-0.15, -0.1) is 0 Å². The molecule has 0 saturated carbocycles. The van der Waals surface area contributed by atoms with Crippen LogP contribution in [0.4, 0.5) is 5.69 Å². The van der Waals surface area contributed by atoms with Crippen molar-refractivity contribution in [2.24, 2.45) is 0 Å². The third kappa shape index (κ3) is 3.00. The Morgan fingerprint density at radius 3 is 2.55 bits per heavy atom. The number of phenols is 1. The first-order valence-corrected chi connectivity index (χ1v) is 10.3. The summed E-state index contributed by atoms with van der Waals surface area (Å²) in [5.41, 5.74) is 6.77. The van der Waals surface area contributed by atoms with E-state index in [1.165, 1.54) is 0 Å². The molecule has 158 valence electrons. The van der Waals surface area contributed by atoms with Crippen molar-refractivity contribution in [1.29, 1.82) is 0 Å². The van der Waals surface area contributed by atoms with E-state index >= 15 is 0 Å². The maximum Gasteiger partial charge on any atom is 0.172 e. The van der Waals surface area contributed by atoms with Crippen molar-refractivity contribution in [3.05, 3.63) is 65.1 Å². The molecular weight excluding hydrogens is 390 g/mol. The number of allylic oxidation sites excluding steroid dienone is 1. The summed E-state index contributed by atoms with van der Waals surface area (Å²) in [4.78, 5) is 0. The number of aromatic hydroxyl groups is 1. The van der Waals surface area contributed by atoms with E-state index in [0.29, 0.717) is 17.3 Å². The van der Waals surface area contributed by atoms with Gasteiger partial charge in [-0.05, 0) is 63.1 Å². The molecule has 0 aliphatic carbocycles. The van der Waals surface area contributed by atoms with E-state index in [1.807, 2.05) is 19.1 Å². The number of anilines is 1. The minimum Gasteiger partial charge on any atom is -0.504 e. The highest BCUT2D eigenvalue weighted by atomic mass is 16.5. The van der Waals surface area contributed by atoms with Crippen LogP contribution >= 0.6 is 0 Å². The number of furan rings is 1. The molecule has 0 radical (unpaired) electrons. The zero-order chi connectivity index (χ0) is 21.9. The first kappa shape index (κ1) is 19.4. The number of benzene rings is 2. The van der Waals surface area contributed by atoms with Crippen molar-refractivity contribution >= 4 is 23.1 Å². The molecule has 0 spiro atoms. The molecule has 0 bridgehead atoms. The van der Waals surface area contributed by atoms with Crippen molar-refractivity contribution in [3.8, 4) is 28.4 Å². The molecule has 3 aromatic rings. The van der Waals surface area contributed by atoms with Gasteiger partial charge < -0.3 is 24.3 Å². The first-order chi connectivity index (χ1) is 14.8. The smallest absolute Gasteiger partial charge is 0.172 e. The Bertz CT molecular complexity index is 1280. The third-order valence-electron chi connectivity index (χ3n) is 5.84. The summed E-state index contributed by atoms with van der Waals surface area (Å²) < 4.78 is 17.7. The maximum absolute atomic E-state index is 10.4. The Kier molecular flexibility index (Phi) is 4.19. The summed E-state index contributed by atoms with van der Waals surface area (Å²) >= 11 is 0. The lowest BCUT2D eigenvalue weighted by Gasteiger charge is -2.35. The van der Waals surface area contributed by atoms with Gasteiger partial charge in [0.05, 0.1) is 24.5 Å². The van der Waals surface area contributed by atoms with E-state index < -0.39 is 0 Å². The van der Waals surface area contributed by atoms with Crippen LogP contribution in [0.3, 0.4) is 0 Å². The SMILES string of the molecule is COc1c(O)ccc2c1-c1ccc3c(c1/C(=C/c1occc1C)O2)C(C)=CC(C)(C)N3. The van der Waals surface area contributed by atoms with Gasteiger partial charge in [-0.25, -0.2) is 0 Å². The lowest BCUT2D eigenvalue weighted by Crippen LogP contribution is -2.32. The molecule has 5 nitrogen and oxygen atoms in total. The van der Waals surface area contributed by atoms with Crippen LogP contribution in [-0.4, -0.2) is 17.8 Å². The molecule has 2 aromatic carbocycles. The lowest BCUT2D eigenvalue weighted by molar-refractivity contribution is 0.371. The summed E-state index contributed by atoms with van der Waals surface area (Å²) in [5, 5.41) is 14.0. The van der Waals surface area contributed by atoms with Gasteiger partial charge in [0.15, 0.2) is 11.5 Å². The molecule has 5 heteroatoms. The van der Waals surface area contributed by atoms with Gasteiger partial charge in [-0.2, -0.15) is 0 Å². The van der Waals surface area contributed by atoms with E-state index in [9.17, 15) is 5.11 Å². The lowest BCUT2D eigenvalue weighted by atomic mass is 9.83. The highest BCUT2D eigenvalue weighted by Gasteiger charge is 2.33. The fourth-order valence-electron chi connectivity index (χ4n) is 4.60. The van der Waals surface area contributed by atoms with E-state index in [1.54, 1.807) is 25.5 Å². The number of aryl methyl sites for hydroxylation is 1. The van der Waals surface area contributed by atoms with E-state index in [4.69, 9.17) is 13.9 Å². The van der Waals surface area contributed by atoms with Crippen LogP contribution in [0, 0.1) is 6.92 Å². The number of hydrogen-bond donors (Lipinski definition) is 2. The van der Waals surface area contributed by atoms with Gasteiger partial charge in [0, 0.05) is 28.5 Å².